The summed E-state index contributed by atoms with van der Waals surface area (Å²) in [6.07, 6.45) is 15.8. The van der Waals surface area contributed by atoms with Gasteiger partial charge >= 0.3 is 0 Å². The Balaban J connectivity index is 1.68. The molecule has 1 saturated carbocycles. The first-order chi connectivity index (χ1) is 11.8. The molecule has 0 saturated heterocycles. The summed E-state index contributed by atoms with van der Waals surface area (Å²) in [6, 6.07) is 4.14. The van der Waals surface area contributed by atoms with E-state index < -0.39 is 0 Å². The Bertz CT molecular complexity index is 424. The first-order valence-corrected chi connectivity index (χ1v) is 10.3. The van der Waals surface area contributed by atoms with Crippen molar-refractivity contribution < 1.29 is 4.74 Å². The summed E-state index contributed by atoms with van der Waals surface area (Å²) in [5.41, 5.74) is 1.17. The maximum absolute atomic E-state index is 5.69. The lowest BCUT2D eigenvalue weighted by atomic mass is 9.78. The van der Waals surface area contributed by atoms with E-state index in [9.17, 15) is 0 Å². The summed E-state index contributed by atoms with van der Waals surface area (Å²) in [5.74, 6) is 2.24. The van der Waals surface area contributed by atoms with Crippen LogP contribution in [-0.4, -0.2) is 16.8 Å². The number of hydrogen-bond acceptors (Lipinski definition) is 3. The smallest absolute Gasteiger partial charge is 0.233 e. The fourth-order valence-electron chi connectivity index (χ4n) is 3.76. The van der Waals surface area contributed by atoms with Crippen molar-refractivity contribution in [2.75, 3.05) is 6.61 Å². The number of rotatable bonds is 11. The van der Waals surface area contributed by atoms with Crippen molar-refractivity contribution in [2.45, 2.75) is 96.8 Å². The van der Waals surface area contributed by atoms with Gasteiger partial charge in [0, 0.05) is 12.0 Å². The standard InChI is InChI=1S/C21H36N2O/c1-3-5-7-9-17-24-21-16-15-20(22-23-21)19-13-11-18(12-14-19)10-8-6-4-2/h15-16,18-19H,3-14,17H2,1-2H3/t18-,19-. The highest BCUT2D eigenvalue weighted by Crippen LogP contribution is 2.37. The summed E-state index contributed by atoms with van der Waals surface area (Å²) >= 11 is 0. The molecule has 0 N–H and O–H groups in total. The Labute approximate surface area is 148 Å². The number of aromatic nitrogens is 2. The van der Waals surface area contributed by atoms with E-state index in [0.29, 0.717) is 11.8 Å². The van der Waals surface area contributed by atoms with Gasteiger partial charge in [-0.3, -0.25) is 0 Å². The fraction of sp³-hybridized carbons (Fsp3) is 0.810. The van der Waals surface area contributed by atoms with Crippen molar-refractivity contribution in [2.24, 2.45) is 5.92 Å². The SMILES string of the molecule is CCCCCCOc1ccc([C@H]2CC[C@H](CCCCC)CC2)nn1. The highest BCUT2D eigenvalue weighted by molar-refractivity contribution is 5.15. The molecule has 3 nitrogen and oxygen atoms in total. The highest BCUT2D eigenvalue weighted by atomic mass is 16.5. The van der Waals surface area contributed by atoms with Gasteiger partial charge in [0.2, 0.25) is 5.88 Å². The summed E-state index contributed by atoms with van der Waals surface area (Å²) in [7, 11) is 0. The zero-order valence-corrected chi connectivity index (χ0v) is 15.8. The van der Waals surface area contributed by atoms with Crippen LogP contribution in [-0.2, 0) is 0 Å². The second kappa shape index (κ2) is 11.4. The summed E-state index contributed by atoms with van der Waals surface area (Å²) in [4.78, 5) is 0. The minimum Gasteiger partial charge on any atom is -0.477 e. The van der Waals surface area contributed by atoms with Crippen LogP contribution in [0.1, 0.15) is 103 Å². The Morgan fingerprint density at radius 1 is 0.875 bits per heavy atom. The fourth-order valence-corrected chi connectivity index (χ4v) is 3.76. The topological polar surface area (TPSA) is 35.0 Å². The van der Waals surface area contributed by atoms with Crippen molar-refractivity contribution in [3.05, 3.63) is 17.8 Å². The van der Waals surface area contributed by atoms with Crippen LogP contribution in [0.3, 0.4) is 0 Å². The quantitative estimate of drug-likeness (QED) is 0.447. The minimum atomic E-state index is 0.610. The molecule has 0 unspecified atom stereocenters. The molecular weight excluding hydrogens is 296 g/mol. The Morgan fingerprint density at radius 3 is 2.29 bits per heavy atom. The van der Waals surface area contributed by atoms with Gasteiger partial charge in [0.15, 0.2) is 0 Å². The third kappa shape index (κ3) is 6.78. The van der Waals surface area contributed by atoms with Gasteiger partial charge in [-0.05, 0) is 44.1 Å². The van der Waals surface area contributed by atoms with E-state index in [2.05, 4.69) is 30.1 Å². The van der Waals surface area contributed by atoms with Crippen molar-refractivity contribution >= 4 is 0 Å². The third-order valence-electron chi connectivity index (χ3n) is 5.39. The van der Waals surface area contributed by atoms with Crippen molar-refractivity contribution in [1.29, 1.82) is 0 Å². The first kappa shape index (κ1) is 19.2. The molecule has 24 heavy (non-hydrogen) atoms. The number of nitrogens with zero attached hydrogens (tertiary/aromatic N) is 2. The molecule has 136 valence electrons. The van der Waals surface area contributed by atoms with Gasteiger partial charge in [-0.15, -0.1) is 5.10 Å². The molecule has 0 radical (unpaired) electrons. The molecule has 0 amide bonds. The molecule has 0 aromatic carbocycles. The second-order valence-corrected chi connectivity index (χ2v) is 7.42. The largest absolute Gasteiger partial charge is 0.477 e. The molecule has 3 heteroatoms. The van der Waals surface area contributed by atoms with Crippen molar-refractivity contribution in [1.82, 2.24) is 10.2 Å². The van der Waals surface area contributed by atoms with Crippen LogP contribution in [0.15, 0.2) is 12.1 Å². The van der Waals surface area contributed by atoms with Gasteiger partial charge in [-0.1, -0.05) is 58.8 Å². The maximum Gasteiger partial charge on any atom is 0.233 e. The van der Waals surface area contributed by atoms with Crippen LogP contribution < -0.4 is 4.74 Å². The zero-order chi connectivity index (χ0) is 17.0. The summed E-state index contributed by atoms with van der Waals surface area (Å²) in [6.45, 7) is 5.27. The molecule has 1 aromatic rings. The average Bonchev–Trinajstić information content (AvgIpc) is 2.63. The van der Waals surface area contributed by atoms with Gasteiger partial charge in [0.1, 0.15) is 0 Å². The van der Waals surface area contributed by atoms with E-state index in [-0.39, 0.29) is 0 Å². The lowest BCUT2D eigenvalue weighted by Gasteiger charge is -2.28. The maximum atomic E-state index is 5.69. The second-order valence-electron chi connectivity index (χ2n) is 7.42. The molecule has 1 fully saturated rings. The van der Waals surface area contributed by atoms with Crippen molar-refractivity contribution in [3.63, 3.8) is 0 Å². The number of unbranched alkanes of at least 4 members (excludes halogenated alkanes) is 5. The van der Waals surface area contributed by atoms with Gasteiger partial charge < -0.3 is 4.74 Å². The molecule has 2 rings (SSSR count). The van der Waals surface area contributed by atoms with Crippen LogP contribution in [0.5, 0.6) is 5.88 Å². The van der Waals surface area contributed by atoms with Gasteiger partial charge in [0.05, 0.1) is 12.3 Å². The predicted molar refractivity (Wildman–Crippen MR) is 101 cm³/mol. The van der Waals surface area contributed by atoms with Crippen LogP contribution >= 0.6 is 0 Å². The minimum absolute atomic E-state index is 0.610. The lowest BCUT2D eigenvalue weighted by Crippen LogP contribution is -2.14. The average molecular weight is 333 g/mol. The molecule has 0 aliphatic heterocycles. The van der Waals surface area contributed by atoms with Crippen LogP contribution in [0.2, 0.25) is 0 Å². The molecule has 1 aromatic heterocycles. The highest BCUT2D eigenvalue weighted by Gasteiger charge is 2.23. The molecular formula is C21H36N2O. The van der Waals surface area contributed by atoms with E-state index in [0.717, 1.165) is 18.9 Å². The van der Waals surface area contributed by atoms with Crippen LogP contribution in [0.25, 0.3) is 0 Å². The predicted octanol–water partition coefficient (Wildman–Crippen LogP) is 6.29. The Hall–Kier alpha value is -1.12. The Kier molecular flexibility index (Phi) is 9.15. The monoisotopic (exact) mass is 332 g/mol. The van der Waals surface area contributed by atoms with Crippen LogP contribution in [0.4, 0.5) is 0 Å². The first-order valence-electron chi connectivity index (χ1n) is 10.3. The van der Waals surface area contributed by atoms with E-state index in [1.165, 1.54) is 76.3 Å². The third-order valence-corrected chi connectivity index (χ3v) is 5.39. The van der Waals surface area contributed by atoms with Gasteiger partial charge in [-0.2, -0.15) is 5.10 Å². The zero-order valence-electron chi connectivity index (χ0n) is 15.8. The normalized spacial score (nSPS) is 20.9. The molecule has 0 bridgehead atoms. The van der Waals surface area contributed by atoms with E-state index >= 15 is 0 Å². The van der Waals surface area contributed by atoms with Gasteiger partial charge in [-0.25, -0.2) is 0 Å². The van der Waals surface area contributed by atoms with Crippen molar-refractivity contribution in [3.8, 4) is 5.88 Å². The Morgan fingerprint density at radius 2 is 1.62 bits per heavy atom. The summed E-state index contributed by atoms with van der Waals surface area (Å²) in [5, 5.41) is 8.72. The number of ether oxygens (including phenoxy) is 1. The number of hydrogen-bond donors (Lipinski definition) is 0. The molecule has 0 atom stereocenters. The molecule has 0 spiro atoms. The van der Waals surface area contributed by atoms with E-state index in [4.69, 9.17) is 4.74 Å². The lowest BCUT2D eigenvalue weighted by molar-refractivity contribution is 0.285. The van der Waals surface area contributed by atoms with E-state index in [1.807, 2.05) is 6.07 Å². The molecule has 1 heterocycles. The van der Waals surface area contributed by atoms with Crippen LogP contribution in [0, 0.1) is 5.92 Å². The van der Waals surface area contributed by atoms with E-state index in [1.54, 1.807) is 0 Å². The molecule has 1 aliphatic carbocycles. The summed E-state index contributed by atoms with van der Waals surface area (Å²) < 4.78 is 5.69. The molecule has 1 aliphatic rings. The van der Waals surface area contributed by atoms with Gasteiger partial charge in [0.25, 0.3) is 0 Å².